The first kappa shape index (κ1) is 22.0. The van der Waals surface area contributed by atoms with Gasteiger partial charge in [-0.15, -0.1) is 0 Å². The summed E-state index contributed by atoms with van der Waals surface area (Å²) in [6.45, 7) is 4.12. The molecule has 0 aliphatic carbocycles. The lowest BCUT2D eigenvalue weighted by molar-refractivity contribution is 0.180. The Balaban J connectivity index is 1.35. The average molecular weight is 429 g/mol. The molecule has 0 atom stereocenters. The van der Waals surface area contributed by atoms with Gasteiger partial charge in [0.25, 0.3) is 0 Å². The van der Waals surface area contributed by atoms with E-state index >= 15 is 0 Å². The molecule has 30 heavy (non-hydrogen) atoms. The fourth-order valence-corrected chi connectivity index (χ4v) is 3.89. The second-order valence-electron chi connectivity index (χ2n) is 7.55. The van der Waals surface area contributed by atoms with Crippen molar-refractivity contribution in [3.8, 4) is 0 Å². The third-order valence-electron chi connectivity index (χ3n) is 5.46. The summed E-state index contributed by atoms with van der Waals surface area (Å²) < 4.78 is 0. The molecule has 0 saturated carbocycles. The monoisotopic (exact) mass is 428 g/mol. The Bertz CT molecular complexity index is 866. The highest BCUT2D eigenvalue weighted by Crippen LogP contribution is 2.22. The normalized spacial score (nSPS) is 14.3. The summed E-state index contributed by atoms with van der Waals surface area (Å²) in [5, 5.41) is 9.37. The van der Waals surface area contributed by atoms with Gasteiger partial charge in [-0.1, -0.05) is 42.8 Å². The predicted molar refractivity (Wildman–Crippen MR) is 122 cm³/mol. The van der Waals surface area contributed by atoms with Gasteiger partial charge in [-0.3, -0.25) is 0 Å². The van der Waals surface area contributed by atoms with E-state index in [0.29, 0.717) is 36.3 Å². The van der Waals surface area contributed by atoms with Crippen LogP contribution in [0.4, 0.5) is 21.0 Å². The summed E-state index contributed by atoms with van der Waals surface area (Å²) >= 11 is 5.96. The molecule has 1 fully saturated rings. The van der Waals surface area contributed by atoms with Crippen molar-refractivity contribution < 1.29 is 9.59 Å². The number of urea groups is 2. The largest absolute Gasteiger partial charge is 0.338 e. The summed E-state index contributed by atoms with van der Waals surface area (Å²) in [4.78, 5) is 26.4. The van der Waals surface area contributed by atoms with Crippen LogP contribution in [0.3, 0.4) is 0 Å². The second-order valence-corrected chi connectivity index (χ2v) is 7.99. The highest BCUT2D eigenvalue weighted by Gasteiger charge is 2.22. The van der Waals surface area contributed by atoms with Crippen molar-refractivity contribution >= 4 is 35.0 Å². The molecule has 3 rings (SSSR count). The molecule has 3 N–H and O–H groups in total. The van der Waals surface area contributed by atoms with Crippen molar-refractivity contribution in [1.82, 2.24) is 10.2 Å². The zero-order valence-corrected chi connectivity index (χ0v) is 18.0. The van der Waals surface area contributed by atoms with Crippen molar-refractivity contribution in [1.29, 1.82) is 0 Å². The minimum Gasteiger partial charge on any atom is -0.338 e. The zero-order chi connectivity index (χ0) is 21.3. The van der Waals surface area contributed by atoms with E-state index < -0.39 is 0 Å². The highest BCUT2D eigenvalue weighted by molar-refractivity contribution is 6.30. The summed E-state index contributed by atoms with van der Waals surface area (Å²) in [5.41, 5.74) is 2.68. The van der Waals surface area contributed by atoms with E-state index in [1.807, 2.05) is 41.3 Å². The van der Waals surface area contributed by atoms with Crippen LogP contribution >= 0.6 is 11.6 Å². The minimum absolute atomic E-state index is 0.0946. The van der Waals surface area contributed by atoms with Gasteiger partial charge >= 0.3 is 12.1 Å². The van der Waals surface area contributed by atoms with Crippen molar-refractivity contribution in [2.24, 2.45) is 5.92 Å². The molecule has 1 heterocycles. The first-order valence-corrected chi connectivity index (χ1v) is 10.9. The van der Waals surface area contributed by atoms with Crippen LogP contribution < -0.4 is 16.0 Å². The van der Waals surface area contributed by atoms with Crippen LogP contribution in [0.1, 0.15) is 31.7 Å². The molecule has 0 bridgehead atoms. The molecule has 2 aromatic rings. The van der Waals surface area contributed by atoms with Crippen LogP contribution in [0.25, 0.3) is 0 Å². The number of halogens is 1. The summed E-state index contributed by atoms with van der Waals surface area (Å²) in [7, 11) is 0. The van der Waals surface area contributed by atoms with E-state index in [-0.39, 0.29) is 12.1 Å². The number of aryl methyl sites for hydroxylation is 1. The quantitative estimate of drug-likeness (QED) is 0.579. The molecule has 6 nitrogen and oxygen atoms in total. The lowest BCUT2D eigenvalue weighted by Crippen LogP contribution is -2.41. The number of likely N-dealkylation sites (tertiary alicyclic amines) is 1. The number of piperidine rings is 1. The van der Waals surface area contributed by atoms with Crippen molar-refractivity contribution in [2.75, 3.05) is 30.3 Å². The average Bonchev–Trinajstić information content (AvgIpc) is 2.74. The molecular formula is C23H29ClN4O2. The van der Waals surface area contributed by atoms with E-state index in [4.69, 9.17) is 11.6 Å². The number of carbonyl (C=O) groups is 2. The van der Waals surface area contributed by atoms with E-state index in [0.717, 1.165) is 36.9 Å². The molecule has 0 radical (unpaired) electrons. The molecule has 0 unspecified atom stereocenters. The fourth-order valence-electron chi connectivity index (χ4n) is 3.70. The lowest BCUT2D eigenvalue weighted by Gasteiger charge is -2.32. The Labute approximate surface area is 183 Å². The number of anilines is 2. The van der Waals surface area contributed by atoms with Crippen LogP contribution in [0.2, 0.25) is 5.02 Å². The van der Waals surface area contributed by atoms with Gasteiger partial charge < -0.3 is 20.9 Å². The van der Waals surface area contributed by atoms with Gasteiger partial charge in [-0.05, 0) is 61.4 Å². The van der Waals surface area contributed by atoms with Gasteiger partial charge in [0.1, 0.15) is 0 Å². The summed E-state index contributed by atoms with van der Waals surface area (Å²) in [5.74, 6) is 0.503. The maximum absolute atomic E-state index is 12.4. The van der Waals surface area contributed by atoms with E-state index in [9.17, 15) is 9.59 Å². The first-order chi connectivity index (χ1) is 14.5. The van der Waals surface area contributed by atoms with Gasteiger partial charge in [0.05, 0.1) is 0 Å². The summed E-state index contributed by atoms with van der Waals surface area (Å²) in [6.07, 6.45) is 3.66. The minimum atomic E-state index is -0.172. The van der Waals surface area contributed by atoms with E-state index in [1.54, 1.807) is 12.1 Å². The van der Waals surface area contributed by atoms with Gasteiger partial charge in [-0.2, -0.15) is 0 Å². The van der Waals surface area contributed by atoms with Gasteiger partial charge in [0, 0.05) is 36.0 Å². The third kappa shape index (κ3) is 6.39. The van der Waals surface area contributed by atoms with Crippen molar-refractivity contribution in [2.45, 2.75) is 32.6 Å². The van der Waals surface area contributed by atoms with Crippen LogP contribution in [-0.4, -0.2) is 36.6 Å². The highest BCUT2D eigenvalue weighted by atomic mass is 35.5. The molecule has 0 spiro atoms. The molecule has 160 valence electrons. The molecular weight excluding hydrogens is 400 g/mol. The lowest BCUT2D eigenvalue weighted by atomic mass is 9.94. The Morgan fingerprint density at radius 1 is 1.07 bits per heavy atom. The fraction of sp³-hybridized carbons (Fsp3) is 0.391. The molecule has 1 aliphatic heterocycles. The molecule has 7 heteroatoms. The predicted octanol–water partition coefficient (Wildman–Crippen LogP) is 5.36. The van der Waals surface area contributed by atoms with Crippen molar-refractivity contribution in [3.63, 3.8) is 0 Å². The Morgan fingerprint density at radius 2 is 1.83 bits per heavy atom. The van der Waals surface area contributed by atoms with E-state index in [1.165, 1.54) is 0 Å². The number of benzene rings is 2. The van der Waals surface area contributed by atoms with Crippen molar-refractivity contribution in [3.05, 3.63) is 59.1 Å². The number of para-hydroxylation sites is 1. The number of nitrogens with one attached hydrogen (secondary N) is 3. The molecule has 1 saturated heterocycles. The number of nitrogens with zero attached hydrogens (tertiary/aromatic N) is 1. The summed E-state index contributed by atoms with van der Waals surface area (Å²) in [6, 6.07) is 14.7. The van der Waals surface area contributed by atoms with E-state index in [2.05, 4.69) is 22.9 Å². The van der Waals surface area contributed by atoms with Crippen LogP contribution in [0.5, 0.6) is 0 Å². The van der Waals surface area contributed by atoms with Gasteiger partial charge in [-0.25, -0.2) is 9.59 Å². The standard InChI is InChI=1S/C23H29ClN4O2/c1-2-18-6-3-4-9-21(18)27-22(29)25-13-10-17-11-14-28(15-12-17)23(30)26-20-8-5-7-19(24)16-20/h3-9,16-17H,2,10-15H2,1H3,(H,26,30)(H2,25,27,29). The number of rotatable bonds is 6. The third-order valence-corrected chi connectivity index (χ3v) is 5.70. The Hall–Kier alpha value is -2.73. The number of hydrogen-bond acceptors (Lipinski definition) is 2. The molecule has 4 amide bonds. The van der Waals surface area contributed by atoms with Crippen LogP contribution in [-0.2, 0) is 6.42 Å². The maximum atomic E-state index is 12.4. The maximum Gasteiger partial charge on any atom is 0.321 e. The Morgan fingerprint density at radius 3 is 2.57 bits per heavy atom. The van der Waals surface area contributed by atoms with Gasteiger partial charge in [0.15, 0.2) is 0 Å². The smallest absolute Gasteiger partial charge is 0.321 e. The topological polar surface area (TPSA) is 73.5 Å². The van der Waals surface area contributed by atoms with Crippen LogP contribution in [0, 0.1) is 5.92 Å². The molecule has 1 aliphatic rings. The second kappa shape index (κ2) is 10.9. The zero-order valence-electron chi connectivity index (χ0n) is 17.3. The number of amides is 4. The van der Waals surface area contributed by atoms with Gasteiger partial charge in [0.2, 0.25) is 0 Å². The molecule has 2 aromatic carbocycles. The molecule has 0 aromatic heterocycles. The SMILES string of the molecule is CCc1ccccc1NC(=O)NCCC1CCN(C(=O)Nc2cccc(Cl)c2)CC1. The Kier molecular flexibility index (Phi) is 7.97. The first-order valence-electron chi connectivity index (χ1n) is 10.5. The number of carbonyl (C=O) groups excluding carboxylic acids is 2. The van der Waals surface area contributed by atoms with Crippen LogP contribution in [0.15, 0.2) is 48.5 Å². The number of hydrogen-bond donors (Lipinski definition) is 3.